The third-order valence-electron chi connectivity index (χ3n) is 3.96. The van der Waals surface area contributed by atoms with Crippen molar-refractivity contribution in [3.63, 3.8) is 0 Å². The minimum absolute atomic E-state index is 0.00356. The fourth-order valence-electron chi connectivity index (χ4n) is 2.59. The van der Waals surface area contributed by atoms with E-state index in [1.807, 2.05) is 4.90 Å². The van der Waals surface area contributed by atoms with Gasteiger partial charge in [0.25, 0.3) is 5.91 Å². The van der Waals surface area contributed by atoms with Crippen LogP contribution in [-0.4, -0.2) is 60.9 Å². The molecule has 1 aliphatic rings. The number of benzene rings is 1. The summed E-state index contributed by atoms with van der Waals surface area (Å²) >= 11 is 5.87. The van der Waals surface area contributed by atoms with Crippen LogP contribution >= 0.6 is 11.6 Å². The number of hydrogen-bond acceptors (Lipinski definition) is 6. The average Bonchev–Trinajstić information content (AvgIpc) is 3.11. The van der Waals surface area contributed by atoms with Crippen molar-refractivity contribution in [2.45, 2.75) is 0 Å². The molecule has 2 N–H and O–H groups in total. The quantitative estimate of drug-likeness (QED) is 0.577. The van der Waals surface area contributed by atoms with Gasteiger partial charge in [-0.15, -0.1) is 0 Å². The highest BCUT2D eigenvalue weighted by Gasteiger charge is 2.14. The lowest BCUT2D eigenvalue weighted by Gasteiger charge is -2.25. The smallest absolute Gasteiger partial charge is 0.337 e. The largest absolute Gasteiger partial charge is 0.478 e. The van der Waals surface area contributed by atoms with Gasteiger partial charge in [-0.1, -0.05) is 11.6 Å². The third-order valence-corrected chi connectivity index (χ3v) is 4.29. The van der Waals surface area contributed by atoms with Gasteiger partial charge in [0.1, 0.15) is 11.5 Å². The Hall–Kier alpha value is -2.68. The zero-order valence-electron chi connectivity index (χ0n) is 14.4. The Balaban J connectivity index is 1.59. The number of morpholine rings is 1. The Labute approximate surface area is 160 Å². The van der Waals surface area contributed by atoms with Gasteiger partial charge >= 0.3 is 5.97 Å². The molecule has 0 spiro atoms. The average molecular weight is 392 g/mol. The molecule has 0 bridgehead atoms. The van der Waals surface area contributed by atoms with E-state index in [-0.39, 0.29) is 23.0 Å². The monoisotopic (exact) mass is 391 g/mol. The van der Waals surface area contributed by atoms with Crippen molar-refractivity contribution in [3.05, 3.63) is 46.7 Å². The van der Waals surface area contributed by atoms with Crippen LogP contribution in [0.2, 0.25) is 5.02 Å². The van der Waals surface area contributed by atoms with Gasteiger partial charge in [0, 0.05) is 18.7 Å². The normalized spacial score (nSPS) is 15.1. The van der Waals surface area contributed by atoms with Gasteiger partial charge in [-0.05, 0) is 30.3 Å². The molecule has 27 heavy (non-hydrogen) atoms. The maximum atomic E-state index is 11.9. The van der Waals surface area contributed by atoms with Crippen LogP contribution in [-0.2, 0) is 9.53 Å². The lowest BCUT2D eigenvalue weighted by molar-refractivity contribution is -0.123. The summed E-state index contributed by atoms with van der Waals surface area (Å²) in [7, 11) is 0. The number of aromatic carboxylic acids is 1. The highest BCUT2D eigenvalue weighted by molar-refractivity contribution is 6.33. The number of carboxylic acid groups (broad SMARTS) is 1. The van der Waals surface area contributed by atoms with Crippen molar-refractivity contribution in [1.82, 2.24) is 10.3 Å². The predicted molar refractivity (Wildman–Crippen MR) is 99.1 cm³/mol. The van der Waals surface area contributed by atoms with Crippen LogP contribution in [0.3, 0.4) is 0 Å². The number of halogens is 1. The number of ether oxygens (including phenoxy) is 1. The molecule has 2 aromatic rings. The molecule has 0 aliphatic carbocycles. The van der Waals surface area contributed by atoms with Crippen molar-refractivity contribution < 1.29 is 23.8 Å². The Morgan fingerprint density at radius 2 is 2.04 bits per heavy atom. The molecule has 2 heterocycles. The molecule has 9 heteroatoms. The van der Waals surface area contributed by atoms with E-state index in [1.54, 1.807) is 18.2 Å². The van der Waals surface area contributed by atoms with E-state index in [1.165, 1.54) is 18.3 Å². The zero-order chi connectivity index (χ0) is 19.2. The van der Waals surface area contributed by atoms with Gasteiger partial charge in [-0.2, -0.15) is 5.10 Å². The maximum Gasteiger partial charge on any atom is 0.337 e. The molecule has 1 saturated heterocycles. The van der Waals surface area contributed by atoms with Gasteiger partial charge in [-0.25, -0.2) is 10.2 Å². The van der Waals surface area contributed by atoms with Crippen LogP contribution in [0.25, 0.3) is 11.3 Å². The van der Waals surface area contributed by atoms with Crippen molar-refractivity contribution in [1.29, 1.82) is 0 Å². The summed E-state index contributed by atoms with van der Waals surface area (Å²) in [4.78, 5) is 25.0. The van der Waals surface area contributed by atoms with Crippen LogP contribution in [0.5, 0.6) is 0 Å². The number of carboxylic acids is 1. The van der Waals surface area contributed by atoms with E-state index in [0.29, 0.717) is 30.3 Å². The van der Waals surface area contributed by atoms with Crippen molar-refractivity contribution >= 4 is 29.7 Å². The number of amides is 1. The van der Waals surface area contributed by atoms with Crippen molar-refractivity contribution in [3.8, 4) is 11.3 Å². The van der Waals surface area contributed by atoms with E-state index in [0.717, 1.165) is 13.1 Å². The SMILES string of the molecule is O=C(CN1CCOCC1)N/N=C\c1ccc(-c2ccc(Cl)c(C(=O)O)c2)o1. The highest BCUT2D eigenvalue weighted by Crippen LogP contribution is 2.26. The van der Waals surface area contributed by atoms with E-state index in [2.05, 4.69) is 10.5 Å². The molecule has 0 saturated carbocycles. The van der Waals surface area contributed by atoms with Gasteiger partial charge < -0.3 is 14.3 Å². The highest BCUT2D eigenvalue weighted by atomic mass is 35.5. The minimum atomic E-state index is -1.11. The molecular formula is C18H18ClN3O5. The minimum Gasteiger partial charge on any atom is -0.478 e. The number of nitrogens with one attached hydrogen (secondary N) is 1. The number of hydrazone groups is 1. The number of hydrogen-bond donors (Lipinski definition) is 2. The summed E-state index contributed by atoms with van der Waals surface area (Å²) in [6, 6.07) is 7.96. The molecule has 3 rings (SSSR count). The van der Waals surface area contributed by atoms with Crippen LogP contribution in [0.1, 0.15) is 16.1 Å². The molecule has 0 unspecified atom stereocenters. The van der Waals surface area contributed by atoms with Crippen LogP contribution in [0.15, 0.2) is 39.9 Å². The lowest BCUT2D eigenvalue weighted by atomic mass is 10.1. The first-order chi connectivity index (χ1) is 13.0. The molecule has 0 radical (unpaired) electrons. The Kier molecular flexibility index (Phi) is 6.23. The predicted octanol–water partition coefficient (Wildman–Crippen LogP) is 2.08. The van der Waals surface area contributed by atoms with E-state index in [4.69, 9.17) is 25.9 Å². The molecule has 1 fully saturated rings. The molecule has 8 nitrogen and oxygen atoms in total. The number of carbonyl (C=O) groups excluding carboxylic acids is 1. The van der Waals surface area contributed by atoms with Gasteiger partial charge in [-0.3, -0.25) is 9.69 Å². The summed E-state index contributed by atoms with van der Waals surface area (Å²) in [6.45, 7) is 2.95. The fourth-order valence-corrected chi connectivity index (χ4v) is 2.78. The number of carbonyl (C=O) groups is 2. The van der Waals surface area contributed by atoms with Gasteiger partial charge in [0.2, 0.25) is 0 Å². The summed E-state index contributed by atoms with van der Waals surface area (Å²) < 4.78 is 10.8. The Morgan fingerprint density at radius 1 is 1.26 bits per heavy atom. The number of furan rings is 1. The molecule has 1 aliphatic heterocycles. The summed E-state index contributed by atoms with van der Waals surface area (Å²) in [6.07, 6.45) is 1.38. The number of nitrogens with zero attached hydrogens (tertiary/aromatic N) is 2. The zero-order valence-corrected chi connectivity index (χ0v) is 15.1. The second kappa shape index (κ2) is 8.81. The molecule has 142 valence electrons. The first-order valence-electron chi connectivity index (χ1n) is 8.28. The standard InChI is InChI=1S/C18H18ClN3O5/c19-15-3-1-12(9-14(15)18(24)25)16-4-2-13(27-16)10-20-21-17(23)11-22-5-7-26-8-6-22/h1-4,9-10H,5-8,11H2,(H,21,23)(H,24,25)/b20-10-. The van der Waals surface area contributed by atoms with Crippen LogP contribution in [0, 0.1) is 0 Å². The van der Waals surface area contributed by atoms with E-state index < -0.39 is 5.97 Å². The van der Waals surface area contributed by atoms with E-state index >= 15 is 0 Å². The molecule has 1 amide bonds. The van der Waals surface area contributed by atoms with Crippen molar-refractivity contribution in [2.75, 3.05) is 32.8 Å². The molecular weight excluding hydrogens is 374 g/mol. The summed E-state index contributed by atoms with van der Waals surface area (Å²) in [5.41, 5.74) is 3.02. The Morgan fingerprint density at radius 3 is 2.78 bits per heavy atom. The second-order valence-corrected chi connectivity index (χ2v) is 6.29. The molecule has 1 aromatic heterocycles. The van der Waals surface area contributed by atoms with E-state index in [9.17, 15) is 9.59 Å². The Bertz CT molecular complexity index is 858. The first-order valence-corrected chi connectivity index (χ1v) is 8.66. The maximum absolute atomic E-state index is 11.9. The lowest BCUT2D eigenvalue weighted by Crippen LogP contribution is -2.42. The van der Waals surface area contributed by atoms with Crippen LogP contribution < -0.4 is 5.43 Å². The molecule has 1 aromatic carbocycles. The van der Waals surface area contributed by atoms with Crippen LogP contribution in [0.4, 0.5) is 0 Å². The summed E-state index contributed by atoms with van der Waals surface area (Å²) in [5.74, 6) is -0.444. The molecule has 0 atom stereocenters. The van der Waals surface area contributed by atoms with Crippen molar-refractivity contribution in [2.24, 2.45) is 5.10 Å². The third kappa shape index (κ3) is 5.16. The number of rotatable bonds is 6. The van der Waals surface area contributed by atoms with Gasteiger partial charge in [0.05, 0.1) is 36.6 Å². The first kappa shape index (κ1) is 19.1. The van der Waals surface area contributed by atoms with Gasteiger partial charge in [0.15, 0.2) is 0 Å². The topological polar surface area (TPSA) is 104 Å². The summed E-state index contributed by atoms with van der Waals surface area (Å²) in [5, 5.41) is 13.2. The second-order valence-electron chi connectivity index (χ2n) is 5.88. The fraction of sp³-hybridized carbons (Fsp3) is 0.278.